The number of likely N-dealkylation sites (tertiary alicyclic amines) is 1. The van der Waals surface area contributed by atoms with Crippen LogP contribution in [0.5, 0.6) is 0 Å². The summed E-state index contributed by atoms with van der Waals surface area (Å²) in [5.74, 6) is 0.0409. The maximum atomic E-state index is 11.9. The molecule has 0 unspecified atom stereocenters. The number of rotatable bonds is 1. The topological polar surface area (TPSA) is 20.3 Å². The van der Waals surface area contributed by atoms with E-state index in [0.717, 1.165) is 12.2 Å². The lowest BCUT2D eigenvalue weighted by atomic mass is 10.2. The first kappa shape index (κ1) is 10.1. The fourth-order valence-electron chi connectivity index (χ4n) is 1.98. The van der Waals surface area contributed by atoms with Gasteiger partial charge in [-0.15, -0.1) is 0 Å². The van der Waals surface area contributed by atoms with Crippen molar-refractivity contribution in [2.24, 2.45) is 0 Å². The van der Waals surface area contributed by atoms with Crippen molar-refractivity contribution in [2.75, 3.05) is 12.3 Å². The van der Waals surface area contributed by atoms with Gasteiger partial charge in [-0.25, -0.2) is 0 Å². The Hall–Kier alpha value is -0.390. The highest BCUT2D eigenvalue weighted by molar-refractivity contribution is 8.00. The molecule has 2 nitrogen and oxygen atoms in total. The molecule has 2 heterocycles. The van der Waals surface area contributed by atoms with E-state index in [1.165, 1.54) is 4.90 Å². The first-order valence-corrected chi connectivity index (χ1v) is 5.48. The van der Waals surface area contributed by atoms with Gasteiger partial charge in [0.25, 0.3) is 0 Å². The van der Waals surface area contributed by atoms with Crippen LogP contribution in [0.1, 0.15) is 12.8 Å². The summed E-state index contributed by atoms with van der Waals surface area (Å²) in [5, 5.41) is 0.372. The van der Waals surface area contributed by atoms with Gasteiger partial charge in [0.05, 0.1) is 0 Å². The van der Waals surface area contributed by atoms with Crippen LogP contribution in [0.2, 0.25) is 0 Å². The lowest BCUT2D eigenvalue weighted by Crippen LogP contribution is -2.41. The minimum atomic E-state index is -4.37. The molecular formula is C8H10F3NOS. The first-order chi connectivity index (χ1) is 6.46. The summed E-state index contributed by atoms with van der Waals surface area (Å²) in [6, 6.07) is 0.0554. The molecule has 6 heteroatoms. The zero-order chi connectivity index (χ0) is 10.3. The van der Waals surface area contributed by atoms with Gasteiger partial charge in [-0.2, -0.15) is 24.9 Å². The predicted octanol–water partition coefficient (Wildman–Crippen LogP) is 1.66. The molecule has 0 radical (unpaired) electrons. The average Bonchev–Trinajstić information content (AvgIpc) is 2.59. The van der Waals surface area contributed by atoms with Gasteiger partial charge in [-0.1, -0.05) is 0 Å². The van der Waals surface area contributed by atoms with E-state index < -0.39 is 18.5 Å². The molecule has 2 fully saturated rings. The van der Waals surface area contributed by atoms with E-state index in [9.17, 15) is 18.0 Å². The summed E-state index contributed by atoms with van der Waals surface area (Å²) >= 11 is 1.76. The van der Waals surface area contributed by atoms with Crippen molar-refractivity contribution in [1.29, 1.82) is 0 Å². The van der Waals surface area contributed by atoms with Crippen LogP contribution in [-0.4, -0.2) is 40.6 Å². The van der Waals surface area contributed by atoms with E-state index in [-0.39, 0.29) is 6.04 Å². The second kappa shape index (κ2) is 3.32. The predicted molar refractivity (Wildman–Crippen MR) is 47.0 cm³/mol. The van der Waals surface area contributed by atoms with Crippen molar-refractivity contribution in [2.45, 2.75) is 30.3 Å². The fourth-order valence-corrected chi connectivity index (χ4v) is 3.41. The van der Waals surface area contributed by atoms with Crippen LogP contribution < -0.4 is 0 Å². The third kappa shape index (κ3) is 1.99. The summed E-state index contributed by atoms with van der Waals surface area (Å²) in [4.78, 5) is 12.6. The highest BCUT2D eigenvalue weighted by atomic mass is 32.2. The molecule has 0 aromatic rings. The number of carbonyl (C=O) groups is 1. The van der Waals surface area contributed by atoms with Crippen molar-refractivity contribution in [3.63, 3.8) is 0 Å². The quantitative estimate of drug-likeness (QED) is 0.676. The molecule has 1 amide bonds. The fraction of sp³-hybridized carbons (Fsp3) is 0.875. The van der Waals surface area contributed by atoms with Crippen LogP contribution in [0.15, 0.2) is 0 Å². The van der Waals surface area contributed by atoms with E-state index in [1.807, 2.05) is 0 Å². The number of thioether (sulfide) groups is 1. The SMILES string of the molecule is O=C(CC(F)(F)F)N1C[C@@H]2C[C@H]1CS2. The second-order valence-electron chi connectivity index (χ2n) is 3.68. The average molecular weight is 225 g/mol. The number of nitrogens with zero attached hydrogens (tertiary/aromatic N) is 1. The molecule has 2 atom stereocenters. The Kier molecular flexibility index (Phi) is 2.41. The van der Waals surface area contributed by atoms with Gasteiger partial charge in [0.2, 0.25) is 5.91 Å². The Morgan fingerprint density at radius 3 is 2.64 bits per heavy atom. The number of fused-ring (bicyclic) bond motifs is 2. The molecule has 2 saturated heterocycles. The third-order valence-corrected chi connectivity index (χ3v) is 3.96. The van der Waals surface area contributed by atoms with Gasteiger partial charge in [-0.05, 0) is 6.42 Å². The van der Waals surface area contributed by atoms with Gasteiger partial charge >= 0.3 is 6.18 Å². The van der Waals surface area contributed by atoms with Gasteiger partial charge in [0.1, 0.15) is 6.42 Å². The van der Waals surface area contributed by atoms with Crippen molar-refractivity contribution < 1.29 is 18.0 Å². The van der Waals surface area contributed by atoms with Crippen molar-refractivity contribution in [1.82, 2.24) is 4.90 Å². The molecule has 14 heavy (non-hydrogen) atoms. The zero-order valence-corrected chi connectivity index (χ0v) is 8.20. The molecule has 2 aliphatic rings. The smallest absolute Gasteiger partial charge is 0.337 e. The van der Waals surface area contributed by atoms with Crippen LogP contribution in [0.3, 0.4) is 0 Å². The number of hydrogen-bond acceptors (Lipinski definition) is 2. The largest absolute Gasteiger partial charge is 0.397 e. The molecule has 0 aromatic heterocycles. The second-order valence-corrected chi connectivity index (χ2v) is 5.02. The Balaban J connectivity index is 1.93. The van der Waals surface area contributed by atoms with Crippen LogP contribution in [0.25, 0.3) is 0 Å². The van der Waals surface area contributed by atoms with Gasteiger partial charge in [0.15, 0.2) is 0 Å². The lowest BCUT2D eigenvalue weighted by molar-refractivity contribution is -0.161. The number of amides is 1. The molecule has 0 spiro atoms. The maximum Gasteiger partial charge on any atom is 0.397 e. The Morgan fingerprint density at radius 1 is 1.50 bits per heavy atom. The van der Waals surface area contributed by atoms with Crippen LogP contribution in [-0.2, 0) is 4.79 Å². The standard InChI is InChI=1S/C8H10F3NOS/c9-8(10,11)2-7(13)12-3-6-1-5(12)4-14-6/h5-6H,1-4H2/t5-,6-/m0/s1. The van der Waals surface area contributed by atoms with E-state index in [2.05, 4.69) is 0 Å². The zero-order valence-electron chi connectivity index (χ0n) is 7.38. The number of hydrogen-bond donors (Lipinski definition) is 0. The van der Waals surface area contributed by atoms with Crippen LogP contribution in [0, 0.1) is 0 Å². The molecular weight excluding hydrogens is 215 g/mol. The molecule has 2 bridgehead atoms. The highest BCUT2D eigenvalue weighted by Crippen LogP contribution is 2.38. The summed E-state index contributed by atoms with van der Waals surface area (Å²) in [5.41, 5.74) is 0. The van der Waals surface area contributed by atoms with Gasteiger partial charge in [-0.3, -0.25) is 4.79 Å². The Bertz CT molecular complexity index is 255. The molecule has 80 valence electrons. The summed E-state index contributed by atoms with van der Waals surface area (Å²) < 4.78 is 35.8. The minimum absolute atomic E-state index is 0.0554. The van der Waals surface area contributed by atoms with E-state index >= 15 is 0 Å². The summed E-state index contributed by atoms with van der Waals surface area (Å²) in [7, 11) is 0. The first-order valence-electron chi connectivity index (χ1n) is 4.43. The van der Waals surface area contributed by atoms with Crippen LogP contribution in [0.4, 0.5) is 13.2 Å². The Labute approximate surface area is 83.8 Å². The minimum Gasteiger partial charge on any atom is -0.337 e. The van der Waals surface area contributed by atoms with Crippen molar-refractivity contribution >= 4 is 17.7 Å². The van der Waals surface area contributed by atoms with E-state index in [1.54, 1.807) is 11.8 Å². The van der Waals surface area contributed by atoms with E-state index in [4.69, 9.17) is 0 Å². The van der Waals surface area contributed by atoms with Gasteiger partial charge in [0, 0.05) is 23.6 Å². The van der Waals surface area contributed by atoms with Crippen molar-refractivity contribution in [3.8, 4) is 0 Å². The number of halogens is 3. The third-order valence-electron chi connectivity index (χ3n) is 2.57. The van der Waals surface area contributed by atoms with Gasteiger partial charge < -0.3 is 4.90 Å². The normalized spacial score (nSPS) is 31.2. The molecule has 2 rings (SSSR count). The number of alkyl halides is 3. The highest BCUT2D eigenvalue weighted by Gasteiger charge is 2.43. The Morgan fingerprint density at radius 2 is 2.21 bits per heavy atom. The molecule has 0 N–H and O–H groups in total. The summed E-state index contributed by atoms with van der Waals surface area (Å²) in [6.07, 6.45) is -4.80. The maximum absolute atomic E-state index is 11.9. The van der Waals surface area contributed by atoms with Crippen molar-refractivity contribution in [3.05, 3.63) is 0 Å². The molecule has 2 aliphatic heterocycles. The van der Waals surface area contributed by atoms with Crippen LogP contribution >= 0.6 is 11.8 Å². The van der Waals surface area contributed by atoms with E-state index in [0.29, 0.717) is 11.8 Å². The monoisotopic (exact) mass is 225 g/mol. The number of carbonyl (C=O) groups excluding carboxylic acids is 1. The molecule has 0 saturated carbocycles. The molecule has 0 aromatic carbocycles. The summed E-state index contributed by atoms with van der Waals surface area (Å²) in [6.45, 7) is 0.504. The molecule has 0 aliphatic carbocycles. The lowest BCUT2D eigenvalue weighted by Gasteiger charge is -2.27.